The van der Waals surface area contributed by atoms with Gasteiger partial charge in [0, 0.05) is 17.8 Å². The molecule has 0 radical (unpaired) electrons. The zero-order valence-electron chi connectivity index (χ0n) is 9.67. The van der Waals surface area contributed by atoms with E-state index in [1.165, 1.54) is 30.3 Å². The Balaban J connectivity index is 2.53. The number of non-ortho nitro benzene ring substituents is 1. The van der Waals surface area contributed by atoms with Gasteiger partial charge in [0.1, 0.15) is 5.82 Å². The number of benzene rings is 2. The van der Waals surface area contributed by atoms with Crippen molar-refractivity contribution >= 4 is 17.2 Å². The van der Waals surface area contributed by atoms with Crippen LogP contribution in [0.25, 0.3) is 0 Å². The van der Waals surface area contributed by atoms with Gasteiger partial charge >= 0.3 is 0 Å². The fraction of sp³-hybridized carbons (Fsp3) is 0. The molecule has 2 aromatic carbocycles. The third-order valence-corrected chi connectivity index (χ3v) is 2.61. The lowest BCUT2D eigenvalue weighted by molar-refractivity contribution is -0.384. The van der Waals surface area contributed by atoms with Gasteiger partial charge in [0.05, 0.1) is 16.1 Å². The molecule has 0 fully saturated rings. The Morgan fingerprint density at radius 2 is 1.84 bits per heavy atom. The lowest BCUT2D eigenvalue weighted by Crippen LogP contribution is -2.08. The van der Waals surface area contributed by atoms with E-state index in [4.69, 9.17) is 5.73 Å². The van der Waals surface area contributed by atoms with Crippen LogP contribution in [0, 0.1) is 15.9 Å². The van der Waals surface area contributed by atoms with Gasteiger partial charge in [0.15, 0.2) is 5.78 Å². The maximum Gasteiger partial charge on any atom is 0.270 e. The summed E-state index contributed by atoms with van der Waals surface area (Å²) in [5, 5.41) is 10.7. The quantitative estimate of drug-likeness (QED) is 0.400. The van der Waals surface area contributed by atoms with Gasteiger partial charge < -0.3 is 5.73 Å². The highest BCUT2D eigenvalue weighted by molar-refractivity contribution is 6.12. The molecule has 0 aliphatic carbocycles. The summed E-state index contributed by atoms with van der Waals surface area (Å²) >= 11 is 0. The van der Waals surface area contributed by atoms with E-state index in [-0.39, 0.29) is 22.5 Å². The van der Waals surface area contributed by atoms with Crippen molar-refractivity contribution < 1.29 is 14.1 Å². The van der Waals surface area contributed by atoms with Crippen molar-refractivity contribution in [1.82, 2.24) is 0 Å². The smallest absolute Gasteiger partial charge is 0.270 e. The molecule has 0 bridgehead atoms. The number of hydrogen-bond donors (Lipinski definition) is 1. The van der Waals surface area contributed by atoms with Crippen LogP contribution < -0.4 is 5.73 Å². The summed E-state index contributed by atoms with van der Waals surface area (Å²) in [4.78, 5) is 22.1. The summed E-state index contributed by atoms with van der Waals surface area (Å²) in [6.07, 6.45) is 0. The topological polar surface area (TPSA) is 86.2 Å². The van der Waals surface area contributed by atoms with Crippen LogP contribution in [0.3, 0.4) is 0 Å². The number of hydrogen-bond acceptors (Lipinski definition) is 4. The van der Waals surface area contributed by atoms with E-state index in [9.17, 15) is 19.3 Å². The number of nitro groups is 1. The number of carbonyl (C=O) groups is 1. The molecule has 0 saturated carbocycles. The van der Waals surface area contributed by atoms with Gasteiger partial charge in [0.25, 0.3) is 5.69 Å². The van der Waals surface area contributed by atoms with E-state index < -0.39 is 16.5 Å². The van der Waals surface area contributed by atoms with Crippen LogP contribution in [0.5, 0.6) is 0 Å². The van der Waals surface area contributed by atoms with Crippen molar-refractivity contribution in [3.05, 3.63) is 69.5 Å². The van der Waals surface area contributed by atoms with E-state index in [1.54, 1.807) is 0 Å². The summed E-state index contributed by atoms with van der Waals surface area (Å²) in [6.45, 7) is 0. The molecule has 0 saturated heterocycles. The van der Waals surface area contributed by atoms with E-state index in [1.807, 2.05) is 0 Å². The average Bonchev–Trinajstić information content (AvgIpc) is 2.38. The van der Waals surface area contributed by atoms with Gasteiger partial charge in [-0.15, -0.1) is 0 Å². The van der Waals surface area contributed by atoms with Gasteiger partial charge in [0.2, 0.25) is 0 Å². The zero-order valence-corrected chi connectivity index (χ0v) is 9.67. The Morgan fingerprint density at radius 1 is 1.16 bits per heavy atom. The van der Waals surface area contributed by atoms with Crippen LogP contribution in [0.15, 0.2) is 42.5 Å². The Bertz CT molecular complexity index is 671. The van der Waals surface area contributed by atoms with Crippen molar-refractivity contribution in [1.29, 1.82) is 0 Å². The van der Waals surface area contributed by atoms with Gasteiger partial charge in [-0.2, -0.15) is 0 Å². The summed E-state index contributed by atoms with van der Waals surface area (Å²) in [7, 11) is 0. The molecular weight excluding hydrogens is 257 g/mol. The van der Waals surface area contributed by atoms with Crippen molar-refractivity contribution in [3.8, 4) is 0 Å². The minimum absolute atomic E-state index is 0.0684. The molecule has 0 aliphatic heterocycles. The van der Waals surface area contributed by atoms with E-state index in [0.29, 0.717) is 0 Å². The highest BCUT2D eigenvalue weighted by Crippen LogP contribution is 2.23. The largest absolute Gasteiger partial charge is 0.398 e. The molecule has 19 heavy (non-hydrogen) atoms. The number of carbonyl (C=O) groups excluding carboxylic acids is 1. The second-order valence-corrected chi connectivity index (χ2v) is 3.84. The molecule has 2 N–H and O–H groups in total. The third-order valence-electron chi connectivity index (χ3n) is 2.61. The summed E-state index contributed by atoms with van der Waals surface area (Å²) in [5.74, 6) is -1.38. The maximum atomic E-state index is 13.5. The van der Waals surface area contributed by atoms with Crippen LogP contribution in [0.1, 0.15) is 15.9 Å². The third kappa shape index (κ3) is 2.42. The van der Waals surface area contributed by atoms with Crippen molar-refractivity contribution in [3.63, 3.8) is 0 Å². The highest BCUT2D eigenvalue weighted by Gasteiger charge is 2.19. The molecule has 0 aromatic heterocycles. The maximum absolute atomic E-state index is 13.5. The number of anilines is 1. The van der Waals surface area contributed by atoms with Gasteiger partial charge in [-0.25, -0.2) is 4.39 Å². The fourth-order valence-corrected chi connectivity index (χ4v) is 1.64. The number of nitro benzene ring substituents is 1. The van der Waals surface area contributed by atoms with Crippen LogP contribution in [-0.2, 0) is 0 Å². The van der Waals surface area contributed by atoms with Crippen LogP contribution >= 0.6 is 0 Å². The molecule has 0 heterocycles. The van der Waals surface area contributed by atoms with Gasteiger partial charge in [-0.1, -0.05) is 12.1 Å². The SMILES string of the molecule is N[13c]1[13cH][13cH][13c]([N+](=O)[O-])[13cH][13c]1C(=O)c1ccccc1F. The molecule has 2 rings (SSSR count). The number of nitrogens with two attached hydrogens (primary N) is 1. The fourth-order valence-electron chi connectivity index (χ4n) is 1.64. The Labute approximate surface area is 107 Å². The highest BCUT2D eigenvalue weighted by atomic mass is 19.1. The molecule has 5 nitrogen and oxygen atoms in total. The van der Waals surface area contributed by atoms with Crippen LogP contribution in [0.4, 0.5) is 15.8 Å². The monoisotopic (exact) mass is 266 g/mol. The van der Waals surface area contributed by atoms with E-state index in [0.717, 1.165) is 12.1 Å². The second kappa shape index (κ2) is 4.85. The summed E-state index contributed by atoms with van der Waals surface area (Å²) in [5.41, 5.74) is 5.16. The lowest BCUT2D eigenvalue weighted by atomic mass is 10.2. The van der Waals surface area contributed by atoms with E-state index in [2.05, 4.69) is 0 Å². The molecule has 0 amide bonds. The molecular formula is C13H9FN2O3. The first-order valence-corrected chi connectivity index (χ1v) is 5.34. The standard InChI is InChI=1S/C13H9FN2O3/c14-11-4-2-1-3-9(11)13(17)10-7-8(16(18)19)5-6-12(10)15/h1-7H,15H2/i5+1,6+1,7+1,8+1,10+1,12+1. The Morgan fingerprint density at radius 3 is 2.47 bits per heavy atom. The van der Waals surface area contributed by atoms with Crippen molar-refractivity contribution in [2.75, 3.05) is 5.73 Å². The van der Waals surface area contributed by atoms with Gasteiger partial charge in [-0.05, 0) is 18.2 Å². The zero-order chi connectivity index (χ0) is 14.0. The number of nitrogen functional groups attached to an aromatic ring is 1. The molecule has 0 spiro atoms. The summed E-state index contributed by atoms with van der Waals surface area (Å²) in [6, 6.07) is 8.88. The van der Waals surface area contributed by atoms with Crippen LogP contribution in [-0.4, -0.2) is 10.7 Å². The second-order valence-electron chi connectivity index (χ2n) is 3.84. The number of halogens is 1. The molecule has 2 aromatic rings. The van der Waals surface area contributed by atoms with E-state index >= 15 is 0 Å². The Kier molecular flexibility index (Phi) is 3.24. The van der Waals surface area contributed by atoms with Gasteiger partial charge in [-0.3, -0.25) is 14.9 Å². The Hall–Kier alpha value is -2.76. The first-order chi connectivity index (χ1) is 9.00. The number of ketones is 1. The first-order valence-electron chi connectivity index (χ1n) is 5.34. The molecule has 0 unspecified atom stereocenters. The molecule has 0 atom stereocenters. The van der Waals surface area contributed by atoms with Crippen molar-refractivity contribution in [2.45, 2.75) is 0 Å². The van der Waals surface area contributed by atoms with Crippen molar-refractivity contribution in [2.24, 2.45) is 0 Å². The molecule has 6 heteroatoms. The first kappa shape index (κ1) is 12.7. The summed E-state index contributed by atoms with van der Waals surface area (Å²) < 4.78 is 13.5. The predicted octanol–water partition coefficient (Wildman–Crippen LogP) is 2.55. The number of nitrogens with zero attached hydrogens (tertiary/aromatic N) is 1. The lowest BCUT2D eigenvalue weighted by Gasteiger charge is -2.05. The van der Waals surface area contributed by atoms with Crippen LogP contribution in [0.2, 0.25) is 0 Å². The molecule has 0 aliphatic rings. The minimum atomic E-state index is -0.696. The average molecular weight is 266 g/mol. The predicted molar refractivity (Wildman–Crippen MR) is 67.3 cm³/mol. The molecule has 96 valence electrons. The minimum Gasteiger partial charge on any atom is -0.398 e. The normalized spacial score (nSPS) is 10.2. The number of rotatable bonds is 3.